The molecule has 0 spiro atoms. The number of aliphatic hydroxyl groups excluding tert-OH is 1. The highest BCUT2D eigenvalue weighted by Crippen LogP contribution is 2.36. The van der Waals surface area contributed by atoms with Crippen LogP contribution in [-0.4, -0.2) is 46.3 Å². The maximum absolute atomic E-state index is 11.0. The van der Waals surface area contributed by atoms with Gasteiger partial charge in [-0.15, -0.1) is 0 Å². The van der Waals surface area contributed by atoms with E-state index < -0.39 is 5.97 Å². The minimum atomic E-state index is -0.669. The van der Waals surface area contributed by atoms with Crippen molar-refractivity contribution in [3.05, 3.63) is 0 Å². The molecule has 0 amide bonds. The first-order valence-electron chi connectivity index (χ1n) is 6.33. The molecule has 4 heteroatoms. The highest BCUT2D eigenvalue weighted by atomic mass is 16.4. The third kappa shape index (κ3) is 2.23. The summed E-state index contributed by atoms with van der Waals surface area (Å²) in [4.78, 5) is 13.3. The predicted molar refractivity (Wildman–Crippen MR) is 60.2 cm³/mol. The lowest BCUT2D eigenvalue weighted by Crippen LogP contribution is -2.54. The maximum Gasteiger partial charge on any atom is 0.308 e. The number of carboxylic acid groups (broad SMARTS) is 1. The number of carbonyl (C=O) groups is 1. The van der Waals surface area contributed by atoms with E-state index in [1.54, 1.807) is 0 Å². The second-order valence-electron chi connectivity index (χ2n) is 4.99. The molecule has 2 aliphatic carbocycles. The van der Waals surface area contributed by atoms with Gasteiger partial charge in [0.15, 0.2) is 0 Å². The lowest BCUT2D eigenvalue weighted by atomic mass is 9.77. The van der Waals surface area contributed by atoms with E-state index >= 15 is 0 Å². The molecule has 0 heterocycles. The average molecular weight is 227 g/mol. The van der Waals surface area contributed by atoms with Gasteiger partial charge in [-0.25, -0.2) is 0 Å². The van der Waals surface area contributed by atoms with Crippen LogP contribution < -0.4 is 0 Å². The second-order valence-corrected chi connectivity index (χ2v) is 4.99. The summed E-state index contributed by atoms with van der Waals surface area (Å²) in [6.45, 7) is 0.776. The van der Waals surface area contributed by atoms with Gasteiger partial charge in [0.25, 0.3) is 0 Å². The zero-order valence-electron chi connectivity index (χ0n) is 9.64. The highest BCUT2D eigenvalue weighted by molar-refractivity contribution is 5.72. The van der Waals surface area contributed by atoms with Crippen LogP contribution in [0.1, 0.15) is 38.5 Å². The molecule has 2 fully saturated rings. The summed E-state index contributed by atoms with van der Waals surface area (Å²) in [5.74, 6) is -0.871. The van der Waals surface area contributed by atoms with E-state index in [2.05, 4.69) is 4.90 Å². The van der Waals surface area contributed by atoms with E-state index in [0.717, 1.165) is 12.8 Å². The summed E-state index contributed by atoms with van der Waals surface area (Å²) in [5.41, 5.74) is 0. The zero-order chi connectivity index (χ0) is 11.5. The van der Waals surface area contributed by atoms with Gasteiger partial charge in [0, 0.05) is 18.6 Å². The quantitative estimate of drug-likeness (QED) is 0.738. The van der Waals surface area contributed by atoms with Crippen LogP contribution in [0.5, 0.6) is 0 Å². The molecule has 2 rings (SSSR count). The van der Waals surface area contributed by atoms with Crippen LogP contribution in [0.25, 0.3) is 0 Å². The minimum Gasteiger partial charge on any atom is -0.481 e. The van der Waals surface area contributed by atoms with Crippen LogP contribution in [0.2, 0.25) is 0 Å². The molecule has 0 aromatic heterocycles. The molecule has 2 unspecified atom stereocenters. The normalized spacial score (nSPS) is 30.6. The minimum absolute atomic E-state index is 0.138. The number of aliphatic carboxylic acids is 1. The van der Waals surface area contributed by atoms with Crippen molar-refractivity contribution in [3.63, 3.8) is 0 Å². The lowest BCUT2D eigenvalue weighted by Gasteiger charge is -2.45. The molecule has 2 atom stereocenters. The van der Waals surface area contributed by atoms with Crippen LogP contribution >= 0.6 is 0 Å². The molecule has 0 saturated heterocycles. The van der Waals surface area contributed by atoms with Crippen molar-refractivity contribution in [2.24, 2.45) is 5.92 Å². The molecule has 0 radical (unpaired) electrons. The third-order valence-corrected chi connectivity index (χ3v) is 4.13. The van der Waals surface area contributed by atoms with E-state index in [0.29, 0.717) is 12.6 Å². The SMILES string of the molecule is O=C(O)C1CCC1N(CCO)C1CCCC1. The van der Waals surface area contributed by atoms with Crippen LogP contribution in [0.3, 0.4) is 0 Å². The molecular weight excluding hydrogens is 206 g/mol. The fraction of sp³-hybridized carbons (Fsp3) is 0.917. The Bertz CT molecular complexity index is 251. The monoisotopic (exact) mass is 227 g/mol. The van der Waals surface area contributed by atoms with Gasteiger partial charge in [-0.3, -0.25) is 9.69 Å². The van der Waals surface area contributed by atoms with Gasteiger partial charge in [0.1, 0.15) is 0 Å². The molecular formula is C12H21NO3. The largest absolute Gasteiger partial charge is 0.481 e. The van der Waals surface area contributed by atoms with Gasteiger partial charge >= 0.3 is 5.97 Å². The van der Waals surface area contributed by atoms with Crippen molar-refractivity contribution in [2.75, 3.05) is 13.2 Å². The molecule has 2 saturated carbocycles. The first-order valence-corrected chi connectivity index (χ1v) is 6.33. The number of nitrogens with zero attached hydrogens (tertiary/aromatic N) is 1. The Morgan fingerprint density at radius 3 is 2.31 bits per heavy atom. The van der Waals surface area contributed by atoms with E-state index in [-0.39, 0.29) is 18.6 Å². The van der Waals surface area contributed by atoms with Crippen molar-refractivity contribution in [3.8, 4) is 0 Å². The third-order valence-electron chi connectivity index (χ3n) is 4.13. The molecule has 4 nitrogen and oxygen atoms in total. The van der Waals surface area contributed by atoms with Crippen molar-refractivity contribution < 1.29 is 15.0 Å². The summed E-state index contributed by atoms with van der Waals surface area (Å²) >= 11 is 0. The lowest BCUT2D eigenvalue weighted by molar-refractivity contribution is -0.150. The van der Waals surface area contributed by atoms with Crippen LogP contribution in [0.15, 0.2) is 0 Å². The smallest absolute Gasteiger partial charge is 0.308 e. The van der Waals surface area contributed by atoms with Crippen molar-refractivity contribution >= 4 is 5.97 Å². The fourth-order valence-corrected chi connectivity index (χ4v) is 3.14. The van der Waals surface area contributed by atoms with Gasteiger partial charge in [-0.05, 0) is 25.7 Å². The van der Waals surface area contributed by atoms with Gasteiger partial charge in [-0.2, -0.15) is 0 Å². The van der Waals surface area contributed by atoms with E-state index in [1.807, 2.05) is 0 Å². The zero-order valence-corrected chi connectivity index (χ0v) is 9.64. The van der Waals surface area contributed by atoms with Crippen molar-refractivity contribution in [1.82, 2.24) is 4.90 Å². The van der Waals surface area contributed by atoms with Crippen LogP contribution in [-0.2, 0) is 4.79 Å². The predicted octanol–water partition coefficient (Wildman–Crippen LogP) is 1.09. The first kappa shape index (κ1) is 11.9. The Balaban J connectivity index is 1.98. The number of carboxylic acids is 1. The maximum atomic E-state index is 11.0. The Morgan fingerprint density at radius 1 is 1.19 bits per heavy atom. The molecule has 2 N–H and O–H groups in total. The van der Waals surface area contributed by atoms with Crippen LogP contribution in [0.4, 0.5) is 0 Å². The summed E-state index contributed by atoms with van der Waals surface area (Å²) in [5, 5.41) is 18.2. The fourth-order valence-electron chi connectivity index (χ4n) is 3.14. The standard InChI is InChI=1S/C12H21NO3/c14-8-7-13(9-3-1-2-4-9)11-6-5-10(11)12(15)16/h9-11,14H,1-8H2,(H,15,16). The molecule has 0 aliphatic heterocycles. The molecule has 92 valence electrons. The molecule has 0 aromatic rings. The number of hydrogen-bond acceptors (Lipinski definition) is 3. The summed E-state index contributed by atoms with van der Waals surface area (Å²) in [6.07, 6.45) is 6.61. The Hall–Kier alpha value is -0.610. The molecule has 16 heavy (non-hydrogen) atoms. The van der Waals surface area contributed by atoms with E-state index in [4.69, 9.17) is 10.2 Å². The van der Waals surface area contributed by atoms with Crippen molar-refractivity contribution in [1.29, 1.82) is 0 Å². The van der Waals surface area contributed by atoms with Gasteiger partial charge in [0.05, 0.1) is 12.5 Å². The van der Waals surface area contributed by atoms with Gasteiger partial charge in [0.2, 0.25) is 0 Å². The van der Waals surface area contributed by atoms with Crippen molar-refractivity contribution in [2.45, 2.75) is 50.6 Å². The van der Waals surface area contributed by atoms with E-state index in [9.17, 15) is 4.79 Å². The summed E-state index contributed by atoms with van der Waals surface area (Å²) in [6, 6.07) is 0.687. The van der Waals surface area contributed by atoms with Crippen LogP contribution in [0, 0.1) is 5.92 Å². The number of hydrogen-bond donors (Lipinski definition) is 2. The Labute approximate surface area is 96.3 Å². The number of rotatable bonds is 5. The highest BCUT2D eigenvalue weighted by Gasteiger charge is 2.42. The summed E-state index contributed by atoms with van der Waals surface area (Å²) in [7, 11) is 0. The average Bonchev–Trinajstić information content (AvgIpc) is 2.66. The first-order chi connectivity index (χ1) is 7.74. The second kappa shape index (κ2) is 5.15. The molecule has 0 aromatic carbocycles. The molecule has 2 aliphatic rings. The number of aliphatic hydroxyl groups is 1. The van der Waals surface area contributed by atoms with Gasteiger partial charge < -0.3 is 10.2 Å². The Morgan fingerprint density at radius 2 is 1.88 bits per heavy atom. The van der Waals surface area contributed by atoms with Gasteiger partial charge in [-0.1, -0.05) is 12.8 Å². The Kier molecular flexibility index (Phi) is 3.82. The topological polar surface area (TPSA) is 60.8 Å². The summed E-state index contributed by atoms with van der Waals surface area (Å²) < 4.78 is 0. The molecule has 0 bridgehead atoms. The van der Waals surface area contributed by atoms with E-state index in [1.165, 1.54) is 25.7 Å².